The molecule has 0 aliphatic rings. The van der Waals surface area contributed by atoms with Crippen LogP contribution in [0.5, 0.6) is 5.75 Å². The zero-order valence-electron chi connectivity index (χ0n) is 10.5. The van der Waals surface area contributed by atoms with Crippen LogP contribution in [0.25, 0.3) is 0 Å². The first-order valence-corrected chi connectivity index (χ1v) is 5.82. The third-order valence-electron chi connectivity index (χ3n) is 2.71. The van der Waals surface area contributed by atoms with Crippen molar-refractivity contribution < 1.29 is 19.2 Å². The van der Waals surface area contributed by atoms with Gasteiger partial charge in [0.2, 0.25) is 0 Å². The Balaban J connectivity index is 1.98. The van der Waals surface area contributed by atoms with Crippen LogP contribution in [-0.2, 0) is 13.5 Å². The summed E-state index contributed by atoms with van der Waals surface area (Å²) in [6.45, 7) is 0.329. The minimum absolute atomic E-state index is 0.0620. The molecule has 0 fully saturated rings. The maximum absolute atomic E-state index is 13.2. The molecule has 1 aromatic heterocycles. The van der Waals surface area contributed by atoms with Crippen molar-refractivity contribution in [2.24, 2.45) is 7.05 Å². The highest BCUT2D eigenvalue weighted by atomic mass is 19.1. The van der Waals surface area contributed by atoms with Gasteiger partial charge in [-0.3, -0.25) is 0 Å². The van der Waals surface area contributed by atoms with Crippen molar-refractivity contribution >= 4 is 12.6 Å². The monoisotopic (exact) mass is 264 g/mol. The maximum atomic E-state index is 13.2. The van der Waals surface area contributed by atoms with Gasteiger partial charge in [0.05, 0.1) is 6.61 Å². The number of hydrogen-bond acceptors (Lipinski definition) is 4. The van der Waals surface area contributed by atoms with Gasteiger partial charge in [-0.1, -0.05) is 0 Å². The van der Waals surface area contributed by atoms with Crippen molar-refractivity contribution in [2.45, 2.75) is 6.42 Å². The predicted molar refractivity (Wildman–Crippen MR) is 68.6 cm³/mol. The first-order valence-electron chi connectivity index (χ1n) is 5.82. The number of ether oxygens (including phenoxy) is 1. The number of halogens is 1. The summed E-state index contributed by atoms with van der Waals surface area (Å²) >= 11 is 0. The highest BCUT2D eigenvalue weighted by Gasteiger charge is 2.13. The molecule has 0 aliphatic heterocycles. The number of nitrogens with zero attached hydrogens (tertiary/aromatic N) is 2. The Hall–Kier alpha value is -1.86. The third kappa shape index (κ3) is 3.55. The summed E-state index contributed by atoms with van der Waals surface area (Å²) in [6.07, 6.45) is 4.10. The van der Waals surface area contributed by atoms with Gasteiger partial charge in [-0.25, -0.2) is 9.37 Å². The van der Waals surface area contributed by atoms with Crippen LogP contribution in [-0.4, -0.2) is 33.3 Å². The van der Waals surface area contributed by atoms with Gasteiger partial charge >= 0.3 is 7.12 Å². The Morgan fingerprint density at radius 1 is 1.37 bits per heavy atom. The maximum Gasteiger partial charge on any atom is 0.488 e. The second-order valence-electron chi connectivity index (χ2n) is 4.15. The fraction of sp³-hybridized carbons (Fsp3) is 0.250. The van der Waals surface area contributed by atoms with Crippen molar-refractivity contribution in [1.29, 1.82) is 0 Å². The van der Waals surface area contributed by atoms with E-state index in [0.717, 1.165) is 11.9 Å². The smallest absolute Gasteiger partial charge is 0.488 e. The minimum atomic E-state index is -1.72. The lowest BCUT2D eigenvalue weighted by Crippen LogP contribution is -2.30. The van der Waals surface area contributed by atoms with E-state index in [2.05, 4.69) is 4.98 Å². The molecule has 0 saturated carbocycles. The van der Waals surface area contributed by atoms with E-state index in [1.165, 1.54) is 12.1 Å². The molecule has 5 nitrogen and oxygen atoms in total. The lowest BCUT2D eigenvalue weighted by molar-refractivity contribution is 0.316. The molecule has 19 heavy (non-hydrogen) atoms. The normalized spacial score (nSPS) is 10.5. The molecule has 0 bridgehead atoms. The van der Waals surface area contributed by atoms with Crippen molar-refractivity contribution in [2.75, 3.05) is 6.61 Å². The molecular weight excluding hydrogens is 250 g/mol. The zero-order chi connectivity index (χ0) is 13.8. The van der Waals surface area contributed by atoms with Gasteiger partial charge in [0.25, 0.3) is 0 Å². The summed E-state index contributed by atoms with van der Waals surface area (Å²) in [6, 6.07) is 3.65. The lowest BCUT2D eigenvalue weighted by atomic mass is 9.80. The average Bonchev–Trinajstić information content (AvgIpc) is 2.74. The Bertz CT molecular complexity index is 560. The molecule has 1 aromatic carbocycles. The average molecular weight is 264 g/mol. The van der Waals surface area contributed by atoms with Crippen LogP contribution in [0.2, 0.25) is 0 Å². The van der Waals surface area contributed by atoms with E-state index in [1.54, 1.807) is 6.20 Å². The van der Waals surface area contributed by atoms with Crippen LogP contribution in [0.1, 0.15) is 5.82 Å². The first kappa shape index (κ1) is 13.6. The van der Waals surface area contributed by atoms with Gasteiger partial charge in [-0.15, -0.1) is 0 Å². The molecule has 100 valence electrons. The van der Waals surface area contributed by atoms with Gasteiger partial charge in [0, 0.05) is 31.9 Å². The van der Waals surface area contributed by atoms with Crippen LogP contribution < -0.4 is 10.2 Å². The summed E-state index contributed by atoms with van der Waals surface area (Å²) < 4.78 is 20.5. The minimum Gasteiger partial charge on any atom is -0.493 e. The molecule has 0 amide bonds. The molecule has 1 heterocycles. The Morgan fingerprint density at radius 3 is 2.79 bits per heavy atom. The summed E-state index contributed by atoms with van der Waals surface area (Å²) in [5.74, 6) is 0.550. The van der Waals surface area contributed by atoms with E-state index in [9.17, 15) is 4.39 Å². The van der Waals surface area contributed by atoms with Gasteiger partial charge in [0.15, 0.2) is 0 Å². The van der Waals surface area contributed by atoms with Crippen LogP contribution in [0, 0.1) is 5.82 Å². The van der Waals surface area contributed by atoms with E-state index in [4.69, 9.17) is 14.8 Å². The van der Waals surface area contributed by atoms with Crippen molar-refractivity contribution in [3.63, 3.8) is 0 Å². The van der Waals surface area contributed by atoms with Crippen molar-refractivity contribution in [1.82, 2.24) is 9.55 Å². The number of aromatic nitrogens is 2. The van der Waals surface area contributed by atoms with Gasteiger partial charge in [-0.2, -0.15) is 0 Å². The van der Waals surface area contributed by atoms with E-state index in [-0.39, 0.29) is 11.2 Å². The van der Waals surface area contributed by atoms with E-state index in [1.807, 2.05) is 17.8 Å². The molecule has 2 N–H and O–H groups in total. The molecular formula is C12H14BFN2O3. The van der Waals surface area contributed by atoms with Crippen LogP contribution in [0.3, 0.4) is 0 Å². The van der Waals surface area contributed by atoms with Crippen molar-refractivity contribution in [3.8, 4) is 5.75 Å². The molecule has 2 aromatic rings. The highest BCUT2D eigenvalue weighted by molar-refractivity contribution is 6.58. The van der Waals surface area contributed by atoms with Gasteiger partial charge in [-0.05, 0) is 17.6 Å². The first-order chi connectivity index (χ1) is 9.06. The lowest BCUT2D eigenvalue weighted by Gasteiger charge is -2.08. The predicted octanol–water partition coefficient (Wildman–Crippen LogP) is -0.140. The fourth-order valence-corrected chi connectivity index (χ4v) is 1.71. The third-order valence-corrected chi connectivity index (χ3v) is 2.71. The number of imidazole rings is 1. The number of rotatable bonds is 5. The summed E-state index contributed by atoms with van der Waals surface area (Å²) in [7, 11) is 0.165. The van der Waals surface area contributed by atoms with Crippen LogP contribution >= 0.6 is 0 Å². The van der Waals surface area contributed by atoms with Crippen LogP contribution in [0.15, 0.2) is 30.6 Å². The number of hydrogen-bond donors (Lipinski definition) is 2. The van der Waals surface area contributed by atoms with Gasteiger partial charge in [0.1, 0.15) is 17.4 Å². The Morgan fingerprint density at radius 2 is 2.16 bits per heavy atom. The zero-order valence-corrected chi connectivity index (χ0v) is 10.5. The van der Waals surface area contributed by atoms with Crippen LogP contribution in [0.4, 0.5) is 4.39 Å². The summed E-state index contributed by atoms with van der Waals surface area (Å²) in [5.41, 5.74) is 0.0620. The Labute approximate surface area is 110 Å². The second kappa shape index (κ2) is 5.86. The molecule has 2 rings (SSSR count). The largest absolute Gasteiger partial charge is 0.493 e. The molecule has 0 unspecified atom stereocenters. The van der Waals surface area contributed by atoms with E-state index >= 15 is 0 Å². The molecule has 0 spiro atoms. The fourth-order valence-electron chi connectivity index (χ4n) is 1.71. The standard InChI is InChI=1S/C12H14BFN2O3/c1-16-4-3-15-12(16)2-5-19-11-7-9(13(17)18)6-10(14)8-11/h3-4,6-8,17-18H,2,5H2,1H3. The SMILES string of the molecule is Cn1ccnc1CCOc1cc(F)cc(B(O)O)c1. The molecule has 7 heteroatoms. The molecule has 0 saturated heterocycles. The van der Waals surface area contributed by atoms with E-state index < -0.39 is 12.9 Å². The molecule has 0 atom stereocenters. The van der Waals surface area contributed by atoms with Crippen molar-refractivity contribution in [3.05, 3.63) is 42.2 Å². The highest BCUT2D eigenvalue weighted by Crippen LogP contribution is 2.11. The second-order valence-corrected chi connectivity index (χ2v) is 4.15. The Kier molecular flexibility index (Phi) is 4.18. The number of aryl methyl sites for hydroxylation is 1. The topological polar surface area (TPSA) is 67.5 Å². The van der Waals surface area contributed by atoms with E-state index in [0.29, 0.717) is 13.0 Å². The summed E-state index contributed by atoms with van der Waals surface area (Å²) in [5, 5.41) is 18.0. The quantitative estimate of drug-likeness (QED) is 0.738. The summed E-state index contributed by atoms with van der Waals surface area (Å²) in [4.78, 5) is 4.14. The van der Waals surface area contributed by atoms with Gasteiger partial charge < -0.3 is 19.4 Å². The molecule has 0 radical (unpaired) electrons. The number of benzene rings is 1. The molecule has 0 aliphatic carbocycles.